The van der Waals surface area contributed by atoms with Crippen molar-refractivity contribution in [3.8, 4) is 5.75 Å². The van der Waals surface area contributed by atoms with Gasteiger partial charge in [-0.25, -0.2) is 0 Å². The van der Waals surface area contributed by atoms with Crippen molar-refractivity contribution in [2.45, 2.75) is 31.3 Å². The van der Waals surface area contributed by atoms with E-state index in [0.29, 0.717) is 17.7 Å². The molecule has 0 fully saturated rings. The number of hydrogen-bond acceptors (Lipinski definition) is 2. The summed E-state index contributed by atoms with van der Waals surface area (Å²) in [6, 6.07) is 13.3. The Morgan fingerprint density at radius 3 is 2.73 bits per heavy atom. The first kappa shape index (κ1) is 16.0. The van der Waals surface area contributed by atoms with E-state index in [4.69, 9.17) is 0 Å². The zero-order valence-corrected chi connectivity index (χ0v) is 15.7. The highest BCUT2D eigenvalue weighted by molar-refractivity contribution is 9.10. The van der Waals surface area contributed by atoms with Crippen molar-refractivity contribution in [2.24, 2.45) is 0 Å². The molecular weight excluding hydrogens is 406 g/mol. The van der Waals surface area contributed by atoms with Gasteiger partial charge in [-0.2, -0.15) is 0 Å². The second-order valence-corrected chi connectivity index (χ2v) is 7.05. The number of phenols is 1. The molecule has 2 atom stereocenters. The molecule has 116 valence electrons. The van der Waals surface area contributed by atoms with Gasteiger partial charge in [0.2, 0.25) is 0 Å². The predicted octanol–water partition coefficient (Wildman–Crippen LogP) is 4.62. The molecule has 0 radical (unpaired) electrons. The molecule has 2 nitrogen and oxygen atoms in total. The van der Waals surface area contributed by atoms with Crippen LogP contribution in [0.15, 0.2) is 40.9 Å². The molecule has 4 heteroatoms. The zero-order chi connectivity index (χ0) is 14.6. The molecule has 2 aliphatic rings. The fourth-order valence-corrected chi connectivity index (χ4v) is 4.41. The van der Waals surface area contributed by atoms with Gasteiger partial charge in [0, 0.05) is 18.5 Å². The summed E-state index contributed by atoms with van der Waals surface area (Å²) in [5.74, 6) is 0.725. The van der Waals surface area contributed by atoms with Gasteiger partial charge in [0.15, 0.2) is 0 Å². The molecule has 1 aliphatic carbocycles. The van der Waals surface area contributed by atoms with E-state index in [1.807, 2.05) is 6.07 Å². The van der Waals surface area contributed by atoms with E-state index in [-0.39, 0.29) is 17.0 Å². The van der Waals surface area contributed by atoms with Crippen LogP contribution in [-0.2, 0) is 13.0 Å². The van der Waals surface area contributed by atoms with Gasteiger partial charge in [0.1, 0.15) is 5.75 Å². The third-order valence-electron chi connectivity index (χ3n) is 5.01. The first-order valence-electron chi connectivity index (χ1n) is 7.44. The molecule has 0 bridgehead atoms. The number of benzene rings is 2. The summed E-state index contributed by atoms with van der Waals surface area (Å²) >= 11 is 3.45. The Morgan fingerprint density at radius 2 is 1.91 bits per heavy atom. The maximum absolute atomic E-state index is 10.1. The van der Waals surface area contributed by atoms with E-state index in [0.717, 1.165) is 17.4 Å². The standard InChI is InChI=1S/C18H18BrNO.BrH/c1-20-10-12-4-2-3-5-13(12)18-14-9-17(21)15(19)8-11(14)6-7-16(18)20;/h2-5,8-9,16,18,21H,6-7,10H2,1H3;1H. The Hall–Kier alpha value is -0.840. The van der Waals surface area contributed by atoms with E-state index in [2.05, 4.69) is 58.2 Å². The molecule has 1 aliphatic heterocycles. The molecule has 0 spiro atoms. The summed E-state index contributed by atoms with van der Waals surface area (Å²) in [5.41, 5.74) is 5.51. The van der Waals surface area contributed by atoms with Crippen LogP contribution in [0.1, 0.15) is 34.6 Å². The molecule has 1 heterocycles. The van der Waals surface area contributed by atoms with Crippen LogP contribution < -0.4 is 0 Å². The third kappa shape index (κ3) is 2.41. The summed E-state index contributed by atoms with van der Waals surface area (Å²) in [6.45, 7) is 1.02. The van der Waals surface area contributed by atoms with E-state index < -0.39 is 0 Å². The van der Waals surface area contributed by atoms with E-state index in [1.165, 1.54) is 28.7 Å². The zero-order valence-electron chi connectivity index (χ0n) is 12.4. The minimum Gasteiger partial charge on any atom is -0.507 e. The molecule has 0 amide bonds. The molecular formula is C18H19Br2NO. The van der Waals surface area contributed by atoms with Crippen LogP contribution in [0.25, 0.3) is 0 Å². The minimum atomic E-state index is 0. The second kappa shape index (κ2) is 5.99. The van der Waals surface area contributed by atoms with Crippen LogP contribution in [0.3, 0.4) is 0 Å². The maximum atomic E-state index is 10.1. The van der Waals surface area contributed by atoms with Crippen LogP contribution in [0.2, 0.25) is 0 Å². The number of likely N-dealkylation sites (N-methyl/N-ethyl adjacent to an activating group) is 1. The van der Waals surface area contributed by atoms with Crippen molar-refractivity contribution in [3.63, 3.8) is 0 Å². The SMILES string of the molecule is Br.CN1Cc2ccccc2C2c3cc(O)c(Br)cc3CCC21. The number of fused-ring (bicyclic) bond motifs is 5. The topological polar surface area (TPSA) is 23.5 Å². The van der Waals surface area contributed by atoms with Crippen molar-refractivity contribution in [1.29, 1.82) is 0 Å². The van der Waals surface area contributed by atoms with E-state index in [9.17, 15) is 5.11 Å². The fraction of sp³-hybridized carbons (Fsp3) is 0.333. The average Bonchev–Trinajstić information content (AvgIpc) is 2.48. The maximum Gasteiger partial charge on any atom is 0.130 e. The highest BCUT2D eigenvalue weighted by Crippen LogP contribution is 2.45. The van der Waals surface area contributed by atoms with Gasteiger partial charge >= 0.3 is 0 Å². The first-order chi connectivity index (χ1) is 10.1. The Bertz CT molecular complexity index is 716. The number of phenolic OH excluding ortho intramolecular Hbond substituents is 1. The Morgan fingerprint density at radius 1 is 1.14 bits per heavy atom. The molecule has 22 heavy (non-hydrogen) atoms. The number of aryl methyl sites for hydroxylation is 1. The lowest BCUT2D eigenvalue weighted by Crippen LogP contribution is -2.43. The van der Waals surface area contributed by atoms with Crippen molar-refractivity contribution >= 4 is 32.9 Å². The molecule has 2 unspecified atom stereocenters. The molecule has 2 aromatic rings. The Kier molecular flexibility index (Phi) is 4.36. The molecule has 4 rings (SSSR count). The number of nitrogens with zero attached hydrogens (tertiary/aromatic N) is 1. The highest BCUT2D eigenvalue weighted by Gasteiger charge is 2.38. The summed E-state index contributed by atoms with van der Waals surface area (Å²) in [7, 11) is 2.22. The van der Waals surface area contributed by atoms with Crippen LogP contribution in [-0.4, -0.2) is 23.1 Å². The summed E-state index contributed by atoms with van der Waals surface area (Å²) in [6.07, 6.45) is 2.27. The van der Waals surface area contributed by atoms with E-state index in [1.54, 1.807) is 0 Å². The summed E-state index contributed by atoms with van der Waals surface area (Å²) < 4.78 is 0.803. The van der Waals surface area contributed by atoms with Crippen molar-refractivity contribution in [1.82, 2.24) is 4.90 Å². The molecule has 0 aromatic heterocycles. The quantitative estimate of drug-likeness (QED) is 0.666. The Labute approximate surface area is 150 Å². The van der Waals surface area contributed by atoms with Gasteiger partial charge in [-0.05, 0) is 70.2 Å². The van der Waals surface area contributed by atoms with Crippen LogP contribution >= 0.6 is 32.9 Å². The number of hydrogen-bond donors (Lipinski definition) is 1. The van der Waals surface area contributed by atoms with Crippen LogP contribution in [0.5, 0.6) is 5.75 Å². The minimum absolute atomic E-state index is 0. The number of aromatic hydroxyl groups is 1. The normalized spacial score (nSPS) is 23.0. The molecule has 0 saturated carbocycles. The highest BCUT2D eigenvalue weighted by atomic mass is 79.9. The molecule has 0 saturated heterocycles. The predicted molar refractivity (Wildman–Crippen MR) is 98.0 cm³/mol. The van der Waals surface area contributed by atoms with Crippen LogP contribution in [0.4, 0.5) is 0 Å². The van der Waals surface area contributed by atoms with Crippen molar-refractivity contribution < 1.29 is 5.11 Å². The van der Waals surface area contributed by atoms with Crippen LogP contribution in [0, 0.1) is 0 Å². The lowest BCUT2D eigenvalue weighted by atomic mass is 9.72. The lowest BCUT2D eigenvalue weighted by molar-refractivity contribution is 0.178. The lowest BCUT2D eigenvalue weighted by Gasteiger charge is -2.44. The molecule has 2 aromatic carbocycles. The van der Waals surface area contributed by atoms with E-state index >= 15 is 0 Å². The monoisotopic (exact) mass is 423 g/mol. The van der Waals surface area contributed by atoms with Gasteiger partial charge in [0.25, 0.3) is 0 Å². The first-order valence-corrected chi connectivity index (χ1v) is 8.24. The third-order valence-corrected chi connectivity index (χ3v) is 5.65. The molecule has 1 N–H and O–H groups in total. The Balaban J connectivity index is 0.00000144. The fourth-order valence-electron chi connectivity index (χ4n) is 4.02. The van der Waals surface area contributed by atoms with Gasteiger partial charge in [0.05, 0.1) is 4.47 Å². The number of halogens is 2. The van der Waals surface area contributed by atoms with Crippen molar-refractivity contribution in [3.05, 3.63) is 63.1 Å². The smallest absolute Gasteiger partial charge is 0.130 e. The van der Waals surface area contributed by atoms with Gasteiger partial charge < -0.3 is 5.11 Å². The van der Waals surface area contributed by atoms with Crippen molar-refractivity contribution in [2.75, 3.05) is 7.05 Å². The second-order valence-electron chi connectivity index (χ2n) is 6.20. The average molecular weight is 425 g/mol. The summed E-state index contributed by atoms with van der Waals surface area (Å²) in [5, 5.41) is 10.1. The largest absolute Gasteiger partial charge is 0.507 e. The van der Waals surface area contributed by atoms with Gasteiger partial charge in [-0.3, -0.25) is 4.90 Å². The van der Waals surface area contributed by atoms with Gasteiger partial charge in [-0.15, -0.1) is 17.0 Å². The number of rotatable bonds is 0. The summed E-state index contributed by atoms with van der Waals surface area (Å²) in [4.78, 5) is 2.47. The van der Waals surface area contributed by atoms with Gasteiger partial charge in [-0.1, -0.05) is 24.3 Å².